The maximum absolute atomic E-state index is 8.87. The van der Waals surface area contributed by atoms with Gasteiger partial charge in [-0.2, -0.15) is 0 Å². The Kier molecular flexibility index (Phi) is 5.37. The monoisotopic (exact) mass is 285 g/mol. The highest BCUT2D eigenvalue weighted by Gasteiger charge is 2.22. The smallest absolute Gasteiger partial charge is 0.0431 e. The van der Waals surface area contributed by atoms with E-state index in [0.29, 0.717) is 12.1 Å². The Morgan fingerprint density at radius 3 is 3.17 bits per heavy atom. The molecule has 1 heterocycles. The third-order valence-corrected chi connectivity index (χ3v) is 4.65. The van der Waals surface area contributed by atoms with E-state index in [1.54, 1.807) is 0 Å². The van der Waals surface area contributed by atoms with Gasteiger partial charge in [0.15, 0.2) is 0 Å². The molecule has 1 aliphatic heterocycles. The molecule has 0 spiro atoms. The molecule has 1 aromatic rings. The summed E-state index contributed by atoms with van der Waals surface area (Å²) in [6.07, 6.45) is 3.01. The summed E-state index contributed by atoms with van der Waals surface area (Å²) in [6, 6.07) is 6.99. The zero-order chi connectivity index (χ0) is 13.0. The van der Waals surface area contributed by atoms with Crippen LogP contribution in [-0.2, 0) is 0 Å². The van der Waals surface area contributed by atoms with Crippen LogP contribution in [0.5, 0.6) is 0 Å². The van der Waals surface area contributed by atoms with E-state index in [4.69, 9.17) is 16.7 Å². The van der Waals surface area contributed by atoms with Crippen molar-refractivity contribution in [1.82, 2.24) is 5.32 Å². The third kappa shape index (κ3) is 3.64. The average Bonchev–Trinajstić information content (AvgIpc) is 2.37. The second-order valence-electron chi connectivity index (χ2n) is 4.81. The van der Waals surface area contributed by atoms with Gasteiger partial charge in [-0.05, 0) is 55.7 Å². The van der Waals surface area contributed by atoms with Crippen molar-refractivity contribution in [3.05, 3.63) is 28.8 Å². The summed E-state index contributed by atoms with van der Waals surface area (Å²) in [7, 11) is 0. The quantitative estimate of drug-likeness (QED) is 0.866. The molecule has 1 aromatic carbocycles. The first-order chi connectivity index (χ1) is 8.70. The molecule has 0 saturated heterocycles. The van der Waals surface area contributed by atoms with Crippen molar-refractivity contribution in [2.75, 3.05) is 12.4 Å². The summed E-state index contributed by atoms with van der Waals surface area (Å²) in [4.78, 5) is 1.34. The predicted octanol–water partition coefficient (Wildman–Crippen LogP) is 3.63. The van der Waals surface area contributed by atoms with Gasteiger partial charge < -0.3 is 10.4 Å². The van der Waals surface area contributed by atoms with Crippen molar-refractivity contribution in [2.24, 2.45) is 0 Å². The first kappa shape index (κ1) is 14.2. The van der Waals surface area contributed by atoms with Gasteiger partial charge in [0.25, 0.3) is 0 Å². The third-order valence-electron chi connectivity index (χ3n) is 3.29. The molecule has 100 valence electrons. The van der Waals surface area contributed by atoms with E-state index in [-0.39, 0.29) is 6.61 Å². The largest absolute Gasteiger partial charge is 0.396 e. The molecule has 2 atom stereocenters. The van der Waals surface area contributed by atoms with Crippen LogP contribution < -0.4 is 5.32 Å². The molecule has 2 N–H and O–H groups in total. The Hall–Kier alpha value is -0.220. The number of aliphatic hydroxyl groups excluding tert-OH is 1. The van der Waals surface area contributed by atoms with Crippen molar-refractivity contribution in [3.8, 4) is 0 Å². The molecule has 2 unspecified atom stereocenters. The van der Waals surface area contributed by atoms with Crippen LogP contribution in [-0.4, -0.2) is 23.5 Å². The lowest BCUT2D eigenvalue weighted by molar-refractivity contribution is 0.273. The number of hydrogen-bond acceptors (Lipinski definition) is 3. The van der Waals surface area contributed by atoms with Gasteiger partial charge in [-0.3, -0.25) is 0 Å². The Morgan fingerprint density at radius 2 is 2.39 bits per heavy atom. The molecule has 2 nitrogen and oxygen atoms in total. The topological polar surface area (TPSA) is 32.3 Å². The van der Waals surface area contributed by atoms with E-state index in [1.807, 2.05) is 17.8 Å². The van der Waals surface area contributed by atoms with Crippen molar-refractivity contribution in [3.63, 3.8) is 0 Å². The number of aliphatic hydroxyl groups is 1. The number of benzene rings is 1. The van der Waals surface area contributed by atoms with Crippen molar-refractivity contribution >= 4 is 23.4 Å². The minimum absolute atomic E-state index is 0.273. The van der Waals surface area contributed by atoms with Crippen LogP contribution in [0.15, 0.2) is 23.1 Å². The van der Waals surface area contributed by atoms with Gasteiger partial charge in [0, 0.05) is 28.6 Å². The van der Waals surface area contributed by atoms with Crippen LogP contribution in [0.3, 0.4) is 0 Å². The van der Waals surface area contributed by atoms with E-state index in [9.17, 15) is 0 Å². The standard InChI is InChI=1S/C14H20ClNOS/c1-10(3-2-7-17)16-13-6-8-18-14-5-4-11(15)9-12(13)14/h4-5,9-10,13,16-17H,2-3,6-8H2,1H3. The normalized spacial score (nSPS) is 20.5. The van der Waals surface area contributed by atoms with Gasteiger partial charge in [-0.1, -0.05) is 11.6 Å². The highest BCUT2D eigenvalue weighted by Crippen LogP contribution is 2.37. The molecule has 0 amide bonds. The van der Waals surface area contributed by atoms with Crippen LogP contribution >= 0.6 is 23.4 Å². The van der Waals surface area contributed by atoms with Crippen molar-refractivity contribution in [2.45, 2.75) is 43.2 Å². The lowest BCUT2D eigenvalue weighted by Gasteiger charge is -2.29. The maximum Gasteiger partial charge on any atom is 0.0431 e. The van der Waals surface area contributed by atoms with Gasteiger partial charge in [0.1, 0.15) is 0 Å². The zero-order valence-electron chi connectivity index (χ0n) is 10.7. The first-order valence-electron chi connectivity index (χ1n) is 6.50. The van der Waals surface area contributed by atoms with E-state index < -0.39 is 0 Å². The molecule has 18 heavy (non-hydrogen) atoms. The van der Waals surface area contributed by atoms with Gasteiger partial charge in [-0.15, -0.1) is 11.8 Å². The van der Waals surface area contributed by atoms with Crippen LogP contribution in [0.4, 0.5) is 0 Å². The Morgan fingerprint density at radius 1 is 1.56 bits per heavy atom. The van der Waals surface area contributed by atoms with E-state index >= 15 is 0 Å². The van der Waals surface area contributed by atoms with Crippen molar-refractivity contribution in [1.29, 1.82) is 0 Å². The second kappa shape index (κ2) is 6.80. The average molecular weight is 286 g/mol. The summed E-state index contributed by atoms with van der Waals surface area (Å²) in [6.45, 7) is 2.45. The lowest BCUT2D eigenvalue weighted by Crippen LogP contribution is -2.32. The number of fused-ring (bicyclic) bond motifs is 1. The Bertz CT molecular complexity index is 399. The fourth-order valence-electron chi connectivity index (χ4n) is 2.36. The summed E-state index contributed by atoms with van der Waals surface area (Å²) in [5, 5.41) is 13.3. The molecule has 2 rings (SSSR count). The van der Waals surface area contributed by atoms with Crippen LogP contribution in [0, 0.1) is 0 Å². The Balaban J connectivity index is 2.05. The molecule has 0 bridgehead atoms. The summed E-state index contributed by atoms with van der Waals surface area (Å²) < 4.78 is 0. The number of halogens is 1. The van der Waals surface area contributed by atoms with Crippen LogP contribution in [0.25, 0.3) is 0 Å². The molecular formula is C14H20ClNOS. The van der Waals surface area contributed by atoms with E-state index in [2.05, 4.69) is 24.4 Å². The number of hydrogen-bond donors (Lipinski definition) is 2. The molecule has 0 fully saturated rings. The predicted molar refractivity (Wildman–Crippen MR) is 78.5 cm³/mol. The van der Waals surface area contributed by atoms with E-state index in [1.165, 1.54) is 10.5 Å². The number of rotatable bonds is 5. The second-order valence-corrected chi connectivity index (χ2v) is 6.38. The van der Waals surface area contributed by atoms with Crippen LogP contribution in [0.2, 0.25) is 5.02 Å². The fraction of sp³-hybridized carbons (Fsp3) is 0.571. The molecule has 0 aliphatic carbocycles. The highest BCUT2D eigenvalue weighted by molar-refractivity contribution is 7.99. The highest BCUT2D eigenvalue weighted by atomic mass is 35.5. The zero-order valence-corrected chi connectivity index (χ0v) is 12.2. The molecule has 0 aromatic heterocycles. The maximum atomic E-state index is 8.87. The summed E-state index contributed by atoms with van der Waals surface area (Å²) in [5.74, 6) is 1.15. The summed E-state index contributed by atoms with van der Waals surface area (Å²) in [5.41, 5.74) is 1.33. The van der Waals surface area contributed by atoms with Gasteiger partial charge in [0.05, 0.1) is 0 Å². The molecule has 0 saturated carbocycles. The fourth-order valence-corrected chi connectivity index (χ4v) is 3.65. The molecule has 4 heteroatoms. The minimum Gasteiger partial charge on any atom is -0.396 e. The minimum atomic E-state index is 0.273. The van der Waals surface area contributed by atoms with E-state index in [0.717, 1.165) is 30.0 Å². The molecular weight excluding hydrogens is 266 g/mol. The summed E-state index contributed by atoms with van der Waals surface area (Å²) >= 11 is 8.00. The van der Waals surface area contributed by atoms with Gasteiger partial charge in [-0.25, -0.2) is 0 Å². The lowest BCUT2D eigenvalue weighted by atomic mass is 10.0. The van der Waals surface area contributed by atoms with Crippen molar-refractivity contribution < 1.29 is 5.11 Å². The van der Waals surface area contributed by atoms with Gasteiger partial charge >= 0.3 is 0 Å². The van der Waals surface area contributed by atoms with Gasteiger partial charge in [0.2, 0.25) is 0 Å². The number of thioether (sulfide) groups is 1. The molecule has 0 radical (unpaired) electrons. The SMILES string of the molecule is CC(CCCO)NC1CCSc2ccc(Cl)cc21. The first-order valence-corrected chi connectivity index (χ1v) is 7.86. The van der Waals surface area contributed by atoms with Crippen LogP contribution in [0.1, 0.15) is 37.8 Å². The Labute approximate surface area is 118 Å². The number of nitrogens with one attached hydrogen (secondary N) is 1. The molecule has 1 aliphatic rings.